The van der Waals surface area contributed by atoms with Gasteiger partial charge >= 0.3 is 0 Å². The largest absolute Gasteiger partial charge is 0.459 e. The second-order valence-corrected chi connectivity index (χ2v) is 8.18. The van der Waals surface area contributed by atoms with Crippen molar-refractivity contribution in [3.05, 3.63) is 59.9 Å². The lowest BCUT2D eigenvalue weighted by atomic mass is 10.0. The van der Waals surface area contributed by atoms with E-state index >= 15 is 0 Å². The molecular weight excluding hydrogens is 354 g/mol. The molecule has 0 aliphatic carbocycles. The molecule has 4 nitrogen and oxygen atoms in total. The molecule has 0 spiro atoms. The Labute approximate surface area is 162 Å². The highest BCUT2D eigenvalue weighted by atomic mass is 32.1. The molecule has 1 N–H and O–H groups in total. The van der Waals surface area contributed by atoms with Crippen molar-refractivity contribution in [2.24, 2.45) is 0 Å². The standard InChI is InChI=1S/C22H23N3OS/c1-3-9-19-16(7-1)17-11-14-25(15-20(17)26-19)13-6-5-12-23-22-24-18-8-2-4-10-21(18)27-22/h1-4,7-10H,5-6,11-15H2,(H,23,24). The Bertz CT molecular complexity index is 1030. The third-order valence-corrected chi connectivity index (χ3v) is 6.29. The summed E-state index contributed by atoms with van der Waals surface area (Å²) < 4.78 is 7.32. The van der Waals surface area contributed by atoms with Gasteiger partial charge < -0.3 is 9.73 Å². The first kappa shape index (κ1) is 16.8. The molecular formula is C22H23N3OS. The average molecular weight is 378 g/mol. The van der Waals surface area contributed by atoms with Gasteiger partial charge in [0.25, 0.3) is 0 Å². The van der Waals surface area contributed by atoms with Gasteiger partial charge in [0, 0.05) is 24.0 Å². The van der Waals surface area contributed by atoms with E-state index in [0.717, 1.165) is 61.0 Å². The number of hydrogen-bond donors (Lipinski definition) is 1. The maximum Gasteiger partial charge on any atom is 0.183 e. The van der Waals surface area contributed by atoms with Crippen LogP contribution >= 0.6 is 11.3 Å². The number of fused-ring (bicyclic) bond motifs is 4. The van der Waals surface area contributed by atoms with E-state index in [1.807, 2.05) is 12.1 Å². The van der Waals surface area contributed by atoms with E-state index in [9.17, 15) is 0 Å². The Kier molecular flexibility index (Phi) is 4.56. The molecule has 0 amide bonds. The van der Waals surface area contributed by atoms with E-state index in [1.54, 1.807) is 11.3 Å². The summed E-state index contributed by atoms with van der Waals surface area (Å²) in [4.78, 5) is 7.15. The number of para-hydroxylation sites is 2. The fourth-order valence-corrected chi connectivity index (χ4v) is 4.79. The highest BCUT2D eigenvalue weighted by Gasteiger charge is 2.21. The molecule has 0 atom stereocenters. The summed E-state index contributed by atoms with van der Waals surface area (Å²) in [6, 6.07) is 16.7. The number of anilines is 1. The van der Waals surface area contributed by atoms with E-state index in [4.69, 9.17) is 4.42 Å². The summed E-state index contributed by atoms with van der Waals surface area (Å²) in [5.41, 5.74) is 3.53. The molecule has 0 radical (unpaired) electrons. The summed E-state index contributed by atoms with van der Waals surface area (Å²) in [6.07, 6.45) is 3.43. The number of benzene rings is 2. The summed E-state index contributed by atoms with van der Waals surface area (Å²) in [5.74, 6) is 1.16. The highest BCUT2D eigenvalue weighted by Crippen LogP contribution is 2.30. The molecule has 1 aliphatic rings. The van der Waals surface area contributed by atoms with Crippen molar-refractivity contribution >= 4 is 37.7 Å². The molecule has 0 unspecified atom stereocenters. The van der Waals surface area contributed by atoms with Crippen LogP contribution in [0.2, 0.25) is 0 Å². The van der Waals surface area contributed by atoms with E-state index in [0.29, 0.717) is 0 Å². The van der Waals surface area contributed by atoms with Crippen LogP contribution in [0.5, 0.6) is 0 Å². The van der Waals surface area contributed by atoms with Crippen LogP contribution in [-0.2, 0) is 13.0 Å². The summed E-state index contributed by atoms with van der Waals surface area (Å²) in [6.45, 7) is 4.17. The van der Waals surface area contributed by atoms with Crippen LogP contribution in [0.4, 0.5) is 5.13 Å². The Hall–Kier alpha value is -2.37. The Morgan fingerprint density at radius 3 is 2.93 bits per heavy atom. The quantitative estimate of drug-likeness (QED) is 0.463. The molecule has 0 saturated carbocycles. The van der Waals surface area contributed by atoms with Crippen LogP contribution in [0.25, 0.3) is 21.2 Å². The van der Waals surface area contributed by atoms with Crippen LogP contribution in [0.3, 0.4) is 0 Å². The fraction of sp³-hybridized carbons (Fsp3) is 0.318. The summed E-state index contributed by atoms with van der Waals surface area (Å²) in [5, 5.41) is 5.80. The maximum absolute atomic E-state index is 6.07. The first-order chi connectivity index (χ1) is 13.4. The number of aromatic nitrogens is 1. The number of hydrogen-bond acceptors (Lipinski definition) is 5. The number of nitrogens with one attached hydrogen (secondary N) is 1. The van der Waals surface area contributed by atoms with Gasteiger partial charge in [0.1, 0.15) is 11.3 Å². The minimum Gasteiger partial charge on any atom is -0.459 e. The molecule has 1 aliphatic heterocycles. The van der Waals surface area contributed by atoms with Crippen molar-refractivity contribution in [2.75, 3.05) is 25.0 Å². The zero-order chi connectivity index (χ0) is 18.1. The molecule has 5 rings (SSSR count). The lowest BCUT2D eigenvalue weighted by Gasteiger charge is -2.25. The van der Waals surface area contributed by atoms with Crippen LogP contribution < -0.4 is 5.32 Å². The number of unbranched alkanes of at least 4 members (excludes halogenated alkanes) is 1. The predicted octanol–water partition coefficient (Wildman–Crippen LogP) is 5.29. The molecule has 0 bridgehead atoms. The van der Waals surface area contributed by atoms with Crippen LogP contribution in [-0.4, -0.2) is 29.5 Å². The zero-order valence-electron chi connectivity index (χ0n) is 15.3. The van der Waals surface area contributed by atoms with Crippen molar-refractivity contribution in [3.63, 3.8) is 0 Å². The molecule has 138 valence electrons. The Morgan fingerprint density at radius 1 is 1.07 bits per heavy atom. The fourth-order valence-electron chi connectivity index (χ4n) is 3.90. The van der Waals surface area contributed by atoms with Gasteiger partial charge in [0.05, 0.1) is 16.8 Å². The van der Waals surface area contributed by atoms with Gasteiger partial charge in [-0.15, -0.1) is 0 Å². The third kappa shape index (κ3) is 3.45. The van der Waals surface area contributed by atoms with Crippen molar-refractivity contribution in [3.8, 4) is 0 Å². The van der Waals surface area contributed by atoms with E-state index in [1.165, 1.54) is 22.1 Å². The van der Waals surface area contributed by atoms with Crippen molar-refractivity contribution in [2.45, 2.75) is 25.8 Å². The predicted molar refractivity (Wildman–Crippen MR) is 113 cm³/mol. The van der Waals surface area contributed by atoms with Gasteiger partial charge in [-0.1, -0.05) is 41.7 Å². The SMILES string of the molecule is c1ccc2sc(NCCCCN3CCc4c(oc5ccccc45)C3)nc2c1. The van der Waals surface area contributed by atoms with Gasteiger partial charge in [-0.2, -0.15) is 0 Å². The lowest BCUT2D eigenvalue weighted by Crippen LogP contribution is -2.30. The summed E-state index contributed by atoms with van der Waals surface area (Å²) in [7, 11) is 0. The monoisotopic (exact) mass is 377 g/mol. The van der Waals surface area contributed by atoms with Crippen LogP contribution in [0.1, 0.15) is 24.2 Å². The minimum atomic E-state index is 0.940. The second kappa shape index (κ2) is 7.33. The van der Waals surface area contributed by atoms with Crippen molar-refractivity contribution in [1.82, 2.24) is 9.88 Å². The molecule has 2 aromatic carbocycles. The molecule has 5 heteroatoms. The minimum absolute atomic E-state index is 0.940. The van der Waals surface area contributed by atoms with Gasteiger partial charge in [-0.3, -0.25) is 4.90 Å². The normalized spacial score (nSPS) is 14.7. The zero-order valence-corrected chi connectivity index (χ0v) is 16.1. The second-order valence-electron chi connectivity index (χ2n) is 7.15. The Balaban J connectivity index is 1.10. The van der Waals surface area contributed by atoms with Gasteiger partial charge in [-0.25, -0.2) is 4.98 Å². The lowest BCUT2D eigenvalue weighted by molar-refractivity contribution is 0.228. The molecule has 0 saturated heterocycles. The van der Waals surface area contributed by atoms with Crippen LogP contribution in [0.15, 0.2) is 52.9 Å². The van der Waals surface area contributed by atoms with E-state index in [2.05, 4.69) is 51.6 Å². The van der Waals surface area contributed by atoms with Crippen LogP contribution in [0, 0.1) is 0 Å². The van der Waals surface area contributed by atoms with Crippen molar-refractivity contribution in [1.29, 1.82) is 0 Å². The number of thiazole rings is 1. The molecule has 3 heterocycles. The maximum atomic E-state index is 6.07. The number of nitrogens with zero attached hydrogens (tertiary/aromatic N) is 2. The highest BCUT2D eigenvalue weighted by molar-refractivity contribution is 7.22. The first-order valence-electron chi connectivity index (χ1n) is 9.68. The smallest absolute Gasteiger partial charge is 0.183 e. The summed E-state index contributed by atoms with van der Waals surface area (Å²) >= 11 is 1.73. The molecule has 27 heavy (non-hydrogen) atoms. The number of rotatable bonds is 6. The third-order valence-electron chi connectivity index (χ3n) is 5.30. The number of furan rings is 1. The van der Waals surface area contributed by atoms with E-state index in [-0.39, 0.29) is 0 Å². The molecule has 0 fully saturated rings. The first-order valence-corrected chi connectivity index (χ1v) is 10.5. The molecule has 4 aromatic rings. The van der Waals surface area contributed by atoms with Gasteiger partial charge in [0.2, 0.25) is 0 Å². The Morgan fingerprint density at radius 2 is 1.96 bits per heavy atom. The average Bonchev–Trinajstić information content (AvgIpc) is 3.28. The van der Waals surface area contributed by atoms with Gasteiger partial charge in [0.15, 0.2) is 5.13 Å². The van der Waals surface area contributed by atoms with E-state index < -0.39 is 0 Å². The van der Waals surface area contributed by atoms with Gasteiger partial charge in [-0.05, 0) is 44.0 Å². The molecule has 2 aromatic heterocycles. The van der Waals surface area contributed by atoms with Crippen molar-refractivity contribution < 1.29 is 4.42 Å². The topological polar surface area (TPSA) is 41.3 Å².